The number of carbonyl (C=O) groups excluding carboxylic acids is 1. The number of benzene rings is 1. The second kappa shape index (κ2) is 8.29. The van der Waals surface area contributed by atoms with Gasteiger partial charge in [-0.2, -0.15) is 13.2 Å². The molecule has 0 heterocycles. The highest BCUT2D eigenvalue weighted by Gasteiger charge is 2.43. The molecule has 1 aliphatic carbocycles. The van der Waals surface area contributed by atoms with Gasteiger partial charge in [-0.1, -0.05) is 13.3 Å². The number of amides is 1. The van der Waals surface area contributed by atoms with Crippen molar-refractivity contribution in [2.75, 3.05) is 18.5 Å². The molecule has 2 rings (SSSR count). The average Bonchev–Trinajstić information content (AvgIpc) is 2.55. The fourth-order valence-corrected chi connectivity index (χ4v) is 3.54. The van der Waals surface area contributed by atoms with E-state index in [1.807, 2.05) is 6.92 Å². The lowest BCUT2D eigenvalue weighted by Crippen LogP contribution is -2.48. The van der Waals surface area contributed by atoms with Crippen LogP contribution in [0, 0.1) is 5.92 Å². The lowest BCUT2D eigenvalue weighted by atomic mass is 9.78. The Morgan fingerprint density at radius 3 is 2.62 bits per heavy atom. The molecule has 0 bridgehead atoms. The van der Waals surface area contributed by atoms with Gasteiger partial charge in [0.25, 0.3) is 5.91 Å². The summed E-state index contributed by atoms with van der Waals surface area (Å²) in [6.07, 6.45) is -1.56. The summed E-state index contributed by atoms with van der Waals surface area (Å²) in [5, 5.41) is 2.62. The minimum Gasteiger partial charge on any atom is -0.493 e. The Morgan fingerprint density at radius 2 is 2.04 bits per heavy atom. The Labute approximate surface area is 152 Å². The number of hydrogen-bond donors (Lipinski definition) is 1. The van der Waals surface area contributed by atoms with Crippen LogP contribution in [0.1, 0.15) is 52.0 Å². The summed E-state index contributed by atoms with van der Waals surface area (Å²) in [7, 11) is 0. The van der Waals surface area contributed by atoms with E-state index < -0.39 is 17.3 Å². The van der Waals surface area contributed by atoms with Crippen molar-refractivity contribution >= 4 is 11.6 Å². The van der Waals surface area contributed by atoms with E-state index in [9.17, 15) is 18.0 Å². The summed E-state index contributed by atoms with van der Waals surface area (Å²) in [5.41, 5.74) is -1.80. The van der Waals surface area contributed by atoms with Crippen molar-refractivity contribution in [3.05, 3.63) is 23.8 Å². The minimum absolute atomic E-state index is 0.0862. The van der Waals surface area contributed by atoms with E-state index in [2.05, 4.69) is 12.2 Å². The van der Waals surface area contributed by atoms with Gasteiger partial charge in [-0.15, -0.1) is 0 Å². The van der Waals surface area contributed by atoms with Crippen LogP contribution >= 0.6 is 0 Å². The molecule has 26 heavy (non-hydrogen) atoms. The van der Waals surface area contributed by atoms with Crippen molar-refractivity contribution in [3.63, 3.8) is 0 Å². The highest BCUT2D eigenvalue weighted by molar-refractivity contribution is 5.97. The molecule has 0 radical (unpaired) electrons. The Bertz CT molecular complexity index is 629. The summed E-state index contributed by atoms with van der Waals surface area (Å²) in [6, 6.07) is 3.57. The fourth-order valence-electron chi connectivity index (χ4n) is 3.54. The fraction of sp³-hybridized carbons (Fsp3) is 0.632. The zero-order valence-electron chi connectivity index (χ0n) is 15.4. The minimum atomic E-state index is -4.57. The molecule has 2 atom stereocenters. The van der Waals surface area contributed by atoms with Gasteiger partial charge in [0, 0.05) is 12.3 Å². The third-order valence-corrected chi connectivity index (χ3v) is 4.63. The number of halogens is 3. The number of ether oxygens (including phenoxy) is 2. The second-order valence-corrected chi connectivity index (χ2v) is 6.72. The second-order valence-electron chi connectivity index (χ2n) is 6.72. The zero-order chi connectivity index (χ0) is 19.4. The first-order chi connectivity index (χ1) is 12.2. The van der Waals surface area contributed by atoms with E-state index in [0.717, 1.165) is 18.9 Å². The normalized spacial score (nSPS) is 23.5. The predicted octanol–water partition coefficient (Wildman–Crippen LogP) is 5.03. The first-order valence-electron chi connectivity index (χ1n) is 9.01. The van der Waals surface area contributed by atoms with Crippen LogP contribution in [-0.2, 0) is 15.7 Å². The van der Waals surface area contributed by atoms with Gasteiger partial charge in [-0.05, 0) is 57.2 Å². The summed E-state index contributed by atoms with van der Waals surface area (Å²) >= 11 is 0. The van der Waals surface area contributed by atoms with Crippen LogP contribution in [0.15, 0.2) is 18.2 Å². The van der Waals surface area contributed by atoms with Crippen molar-refractivity contribution in [1.82, 2.24) is 0 Å². The maximum atomic E-state index is 13.3. The van der Waals surface area contributed by atoms with Gasteiger partial charge in [0.05, 0.1) is 12.2 Å². The Kier molecular flexibility index (Phi) is 6.55. The number of nitrogens with one attached hydrogen (secondary N) is 1. The number of anilines is 1. The molecule has 0 unspecified atom stereocenters. The van der Waals surface area contributed by atoms with Crippen LogP contribution in [0.5, 0.6) is 5.75 Å². The van der Waals surface area contributed by atoms with Crippen molar-refractivity contribution in [2.45, 2.75) is 58.2 Å². The van der Waals surface area contributed by atoms with Crippen molar-refractivity contribution in [1.29, 1.82) is 0 Å². The number of rotatable bonds is 6. The summed E-state index contributed by atoms with van der Waals surface area (Å²) in [4.78, 5) is 12.8. The number of hydrogen-bond acceptors (Lipinski definition) is 3. The van der Waals surface area contributed by atoms with Gasteiger partial charge in [-0.3, -0.25) is 4.79 Å². The third-order valence-electron chi connectivity index (χ3n) is 4.63. The topological polar surface area (TPSA) is 47.6 Å². The maximum absolute atomic E-state index is 13.3. The molecular weight excluding hydrogens is 347 g/mol. The molecule has 146 valence electrons. The molecule has 1 amide bonds. The van der Waals surface area contributed by atoms with E-state index in [4.69, 9.17) is 9.47 Å². The Morgan fingerprint density at radius 1 is 1.31 bits per heavy atom. The van der Waals surface area contributed by atoms with Gasteiger partial charge in [-0.25, -0.2) is 0 Å². The molecule has 0 aliphatic heterocycles. The molecule has 1 aliphatic rings. The van der Waals surface area contributed by atoms with Gasteiger partial charge >= 0.3 is 6.18 Å². The molecule has 0 saturated heterocycles. The summed E-state index contributed by atoms with van der Waals surface area (Å²) in [5.74, 6) is -0.306. The SMILES string of the molecule is CCOc1ccc(NC(=O)[C@]2(OCC)CCC[C@H](C)C2)cc1C(F)(F)F. The Hall–Kier alpha value is -1.76. The molecule has 1 aromatic rings. The lowest BCUT2D eigenvalue weighted by molar-refractivity contribution is -0.148. The molecular formula is C19H26F3NO3. The maximum Gasteiger partial charge on any atom is 0.420 e. The van der Waals surface area contributed by atoms with Crippen LogP contribution in [-0.4, -0.2) is 24.7 Å². The predicted molar refractivity (Wildman–Crippen MR) is 93.2 cm³/mol. The van der Waals surface area contributed by atoms with Crippen LogP contribution < -0.4 is 10.1 Å². The van der Waals surface area contributed by atoms with Gasteiger partial charge in [0.1, 0.15) is 11.4 Å². The highest BCUT2D eigenvalue weighted by atomic mass is 19.4. The largest absolute Gasteiger partial charge is 0.493 e. The van der Waals surface area contributed by atoms with Crippen LogP contribution in [0.4, 0.5) is 18.9 Å². The van der Waals surface area contributed by atoms with Crippen LogP contribution in [0.3, 0.4) is 0 Å². The first kappa shape index (κ1) is 20.6. The molecule has 1 aromatic carbocycles. The number of alkyl halides is 3. The van der Waals surface area contributed by atoms with Crippen molar-refractivity contribution in [2.24, 2.45) is 5.92 Å². The monoisotopic (exact) mass is 373 g/mol. The molecule has 7 heteroatoms. The number of carbonyl (C=O) groups is 1. The van der Waals surface area contributed by atoms with Crippen LogP contribution in [0.2, 0.25) is 0 Å². The Balaban J connectivity index is 2.27. The van der Waals surface area contributed by atoms with Gasteiger partial charge in [0.2, 0.25) is 0 Å². The van der Waals surface area contributed by atoms with E-state index >= 15 is 0 Å². The average molecular weight is 373 g/mol. The smallest absolute Gasteiger partial charge is 0.420 e. The summed E-state index contributed by atoms with van der Waals surface area (Å²) < 4.78 is 50.7. The zero-order valence-corrected chi connectivity index (χ0v) is 15.4. The van der Waals surface area contributed by atoms with E-state index in [1.54, 1.807) is 6.92 Å². The van der Waals surface area contributed by atoms with Gasteiger partial charge < -0.3 is 14.8 Å². The van der Waals surface area contributed by atoms with E-state index in [1.165, 1.54) is 12.1 Å². The lowest BCUT2D eigenvalue weighted by Gasteiger charge is -2.38. The molecule has 1 N–H and O–H groups in total. The van der Waals surface area contributed by atoms with Crippen molar-refractivity contribution < 1.29 is 27.4 Å². The standard InChI is InChI=1S/C19H26F3NO3/c1-4-25-16-9-8-14(11-15(16)19(20,21)22)23-17(24)18(26-5-2)10-6-7-13(3)12-18/h8-9,11,13H,4-7,10,12H2,1-3H3,(H,23,24)/t13-,18-/m0/s1. The quantitative estimate of drug-likeness (QED) is 0.761. The third kappa shape index (κ3) is 4.69. The molecule has 1 fully saturated rings. The first-order valence-corrected chi connectivity index (χ1v) is 9.01. The van der Waals surface area contributed by atoms with E-state index in [0.29, 0.717) is 25.4 Å². The molecule has 4 nitrogen and oxygen atoms in total. The summed E-state index contributed by atoms with van der Waals surface area (Å²) in [6.45, 7) is 5.98. The van der Waals surface area contributed by atoms with E-state index in [-0.39, 0.29) is 24.0 Å². The molecule has 1 saturated carbocycles. The molecule has 0 spiro atoms. The van der Waals surface area contributed by atoms with Crippen molar-refractivity contribution in [3.8, 4) is 5.75 Å². The van der Waals surface area contributed by atoms with Gasteiger partial charge in [0.15, 0.2) is 0 Å². The van der Waals surface area contributed by atoms with Crippen LogP contribution in [0.25, 0.3) is 0 Å². The molecule has 0 aromatic heterocycles. The highest BCUT2D eigenvalue weighted by Crippen LogP contribution is 2.39.